The summed E-state index contributed by atoms with van der Waals surface area (Å²) in [5.74, 6) is 0.277. The number of aromatic hydroxyl groups is 1. The van der Waals surface area contributed by atoms with Gasteiger partial charge in [-0.25, -0.2) is 0 Å². The van der Waals surface area contributed by atoms with Crippen LogP contribution in [0.3, 0.4) is 0 Å². The largest absolute Gasteiger partial charge is 0.504 e. The lowest BCUT2D eigenvalue weighted by molar-refractivity contribution is -0.385. The van der Waals surface area contributed by atoms with E-state index in [-0.39, 0.29) is 29.1 Å². The van der Waals surface area contributed by atoms with Crippen molar-refractivity contribution in [1.29, 1.82) is 0 Å². The molecule has 18 heavy (non-hydrogen) atoms. The molecule has 0 aliphatic heterocycles. The average Bonchev–Trinajstić information content (AvgIpc) is 2.26. The zero-order chi connectivity index (χ0) is 13.3. The van der Waals surface area contributed by atoms with E-state index >= 15 is 0 Å². The highest BCUT2D eigenvalue weighted by molar-refractivity contribution is 5.54. The monoisotopic (exact) mass is 252 g/mol. The fourth-order valence-electron chi connectivity index (χ4n) is 2.18. The van der Waals surface area contributed by atoms with E-state index in [4.69, 9.17) is 10.5 Å². The van der Waals surface area contributed by atoms with Crippen LogP contribution in [0.25, 0.3) is 0 Å². The van der Waals surface area contributed by atoms with Crippen molar-refractivity contribution < 1.29 is 14.8 Å². The number of nitro groups is 1. The molecule has 1 aliphatic carbocycles. The number of nitrogens with two attached hydrogens (primary N) is 1. The van der Waals surface area contributed by atoms with E-state index < -0.39 is 4.92 Å². The molecule has 1 aliphatic rings. The Balaban J connectivity index is 2.43. The van der Waals surface area contributed by atoms with Gasteiger partial charge in [-0.2, -0.15) is 0 Å². The Hall–Kier alpha value is -1.82. The maximum absolute atomic E-state index is 10.8. The summed E-state index contributed by atoms with van der Waals surface area (Å²) < 4.78 is 4.95. The van der Waals surface area contributed by atoms with Gasteiger partial charge < -0.3 is 15.6 Å². The predicted molar refractivity (Wildman–Crippen MR) is 65.6 cm³/mol. The number of ether oxygens (including phenoxy) is 1. The van der Waals surface area contributed by atoms with Crippen LogP contribution in [0.2, 0.25) is 0 Å². The summed E-state index contributed by atoms with van der Waals surface area (Å²) in [6.07, 6.45) is 3.10. The molecule has 1 atom stereocenters. The molecule has 0 aromatic heterocycles. The Kier molecular flexibility index (Phi) is 3.38. The first-order valence-corrected chi connectivity index (χ1v) is 5.85. The van der Waals surface area contributed by atoms with E-state index in [1.54, 1.807) is 0 Å². The lowest BCUT2D eigenvalue weighted by atomic mass is 9.77. The average molecular weight is 252 g/mol. The third-order valence-electron chi connectivity index (χ3n) is 3.54. The predicted octanol–water partition coefficient (Wildman–Crippen LogP) is 2.11. The highest BCUT2D eigenvalue weighted by atomic mass is 16.6. The number of nitro benzene ring substituents is 1. The van der Waals surface area contributed by atoms with Gasteiger partial charge in [0.2, 0.25) is 0 Å². The number of hydrogen-bond acceptors (Lipinski definition) is 5. The number of methoxy groups -OCH3 is 1. The van der Waals surface area contributed by atoms with Gasteiger partial charge in [0.25, 0.3) is 5.69 Å². The highest BCUT2D eigenvalue weighted by Gasteiger charge is 2.30. The van der Waals surface area contributed by atoms with Gasteiger partial charge in [-0.15, -0.1) is 0 Å². The molecule has 1 aromatic rings. The van der Waals surface area contributed by atoms with Crippen molar-refractivity contribution in [3.8, 4) is 11.5 Å². The van der Waals surface area contributed by atoms with Crippen molar-refractivity contribution in [3.05, 3.63) is 27.8 Å². The summed E-state index contributed by atoms with van der Waals surface area (Å²) in [5.41, 5.74) is 6.33. The van der Waals surface area contributed by atoms with Gasteiger partial charge in [0.1, 0.15) is 0 Å². The molecular formula is C12H16N2O4. The smallest absolute Gasteiger partial charge is 0.273 e. The Morgan fingerprint density at radius 1 is 1.56 bits per heavy atom. The number of non-ortho nitro benzene ring substituents is 1. The van der Waals surface area contributed by atoms with Crippen molar-refractivity contribution in [2.75, 3.05) is 7.11 Å². The standard InChI is InChI=1S/C12H16N2O4/c1-18-10-6-8(14(16)17)5-9(12(10)15)11(13)7-3-2-4-7/h5-7,11,15H,2-4,13H2,1H3/t11-/m1/s1. The minimum atomic E-state index is -0.515. The summed E-state index contributed by atoms with van der Waals surface area (Å²) in [6, 6.07) is 2.15. The first-order chi connectivity index (χ1) is 8.54. The molecule has 2 rings (SSSR count). The number of benzene rings is 1. The van der Waals surface area contributed by atoms with E-state index in [0.29, 0.717) is 5.56 Å². The number of phenolic OH excluding ortho intramolecular Hbond substituents is 1. The Labute approximate surface area is 105 Å². The summed E-state index contributed by atoms with van der Waals surface area (Å²) in [4.78, 5) is 10.3. The third-order valence-corrected chi connectivity index (χ3v) is 3.54. The Bertz CT molecular complexity index is 471. The molecule has 0 saturated heterocycles. The number of hydrogen-bond donors (Lipinski definition) is 2. The SMILES string of the molecule is COc1cc([N+](=O)[O-])cc([C@H](N)C2CCC2)c1O. The molecule has 0 amide bonds. The Morgan fingerprint density at radius 3 is 2.67 bits per heavy atom. The molecule has 3 N–H and O–H groups in total. The lowest BCUT2D eigenvalue weighted by Crippen LogP contribution is -2.27. The number of phenols is 1. The summed E-state index contributed by atoms with van der Waals surface area (Å²) in [6.45, 7) is 0. The molecule has 6 heteroatoms. The molecule has 0 bridgehead atoms. The second-order valence-electron chi connectivity index (χ2n) is 4.56. The minimum absolute atomic E-state index is 0.0916. The van der Waals surface area contributed by atoms with Gasteiger partial charge in [-0.1, -0.05) is 6.42 Å². The number of rotatable bonds is 4. The molecule has 1 fully saturated rings. The first kappa shape index (κ1) is 12.6. The van der Waals surface area contributed by atoms with E-state index in [1.165, 1.54) is 19.2 Å². The van der Waals surface area contributed by atoms with Crippen LogP contribution in [0.5, 0.6) is 11.5 Å². The van der Waals surface area contributed by atoms with Gasteiger partial charge >= 0.3 is 0 Å². The van der Waals surface area contributed by atoms with Gasteiger partial charge in [-0.3, -0.25) is 10.1 Å². The first-order valence-electron chi connectivity index (χ1n) is 5.85. The zero-order valence-electron chi connectivity index (χ0n) is 10.1. The molecule has 0 unspecified atom stereocenters. The molecular weight excluding hydrogens is 236 g/mol. The van der Waals surface area contributed by atoms with Crippen LogP contribution in [0.1, 0.15) is 30.9 Å². The summed E-state index contributed by atoms with van der Waals surface area (Å²) in [5, 5.41) is 20.8. The lowest BCUT2D eigenvalue weighted by Gasteiger charge is -2.31. The van der Waals surface area contributed by atoms with E-state index in [9.17, 15) is 15.2 Å². The Morgan fingerprint density at radius 2 is 2.22 bits per heavy atom. The molecule has 0 spiro atoms. The summed E-state index contributed by atoms with van der Waals surface area (Å²) in [7, 11) is 1.36. The van der Waals surface area contributed by atoms with Crippen molar-refractivity contribution in [1.82, 2.24) is 0 Å². The molecule has 1 aromatic carbocycles. The van der Waals surface area contributed by atoms with Crippen molar-refractivity contribution in [2.24, 2.45) is 11.7 Å². The topological polar surface area (TPSA) is 98.6 Å². The van der Waals surface area contributed by atoms with Gasteiger partial charge in [0.05, 0.1) is 18.1 Å². The number of nitrogens with zero attached hydrogens (tertiary/aromatic N) is 1. The van der Waals surface area contributed by atoms with Crippen LogP contribution in [0.4, 0.5) is 5.69 Å². The van der Waals surface area contributed by atoms with Crippen LogP contribution in [0.15, 0.2) is 12.1 Å². The van der Waals surface area contributed by atoms with Crippen molar-refractivity contribution in [3.63, 3.8) is 0 Å². The third kappa shape index (κ3) is 2.11. The van der Waals surface area contributed by atoms with Crippen LogP contribution in [-0.4, -0.2) is 17.1 Å². The molecule has 6 nitrogen and oxygen atoms in total. The molecule has 0 heterocycles. The normalized spacial score (nSPS) is 17.0. The van der Waals surface area contributed by atoms with E-state index in [2.05, 4.69) is 0 Å². The maximum Gasteiger partial charge on any atom is 0.273 e. The minimum Gasteiger partial charge on any atom is -0.504 e. The van der Waals surface area contributed by atoms with Crippen molar-refractivity contribution >= 4 is 5.69 Å². The van der Waals surface area contributed by atoms with E-state index in [0.717, 1.165) is 19.3 Å². The molecule has 98 valence electrons. The molecule has 1 saturated carbocycles. The zero-order valence-corrected chi connectivity index (χ0v) is 10.1. The van der Waals surface area contributed by atoms with Crippen LogP contribution >= 0.6 is 0 Å². The summed E-state index contributed by atoms with van der Waals surface area (Å²) >= 11 is 0. The fourth-order valence-corrected chi connectivity index (χ4v) is 2.18. The maximum atomic E-state index is 10.8. The van der Waals surface area contributed by atoms with Crippen LogP contribution in [0, 0.1) is 16.0 Å². The molecule has 0 radical (unpaired) electrons. The quantitative estimate of drug-likeness (QED) is 0.631. The van der Waals surface area contributed by atoms with Gasteiger partial charge in [0.15, 0.2) is 11.5 Å². The van der Waals surface area contributed by atoms with Gasteiger partial charge in [0, 0.05) is 17.7 Å². The highest BCUT2D eigenvalue weighted by Crippen LogP contribution is 2.43. The second kappa shape index (κ2) is 4.81. The van der Waals surface area contributed by atoms with Crippen molar-refractivity contribution in [2.45, 2.75) is 25.3 Å². The van der Waals surface area contributed by atoms with E-state index in [1.807, 2.05) is 0 Å². The van der Waals surface area contributed by atoms with Crippen LogP contribution < -0.4 is 10.5 Å². The second-order valence-corrected chi connectivity index (χ2v) is 4.56. The fraction of sp³-hybridized carbons (Fsp3) is 0.500. The van der Waals surface area contributed by atoms with Crippen LogP contribution in [-0.2, 0) is 0 Å². The van der Waals surface area contributed by atoms with Gasteiger partial charge in [-0.05, 0) is 18.8 Å².